The van der Waals surface area contributed by atoms with Crippen LogP contribution in [0.5, 0.6) is 0 Å². The molecular weight excluding hydrogens is 735 g/mol. The van der Waals surface area contributed by atoms with Crippen molar-refractivity contribution in [3.05, 3.63) is 233 Å². The summed E-state index contributed by atoms with van der Waals surface area (Å²) in [4.78, 5) is 2.48. The molecule has 0 bridgehead atoms. The molecule has 0 saturated carbocycles. The molecular formula is C60H55N. The quantitative estimate of drug-likeness (QED) is 0.162. The Morgan fingerprint density at radius 3 is 1.44 bits per heavy atom. The van der Waals surface area contributed by atoms with Crippen LogP contribution in [0.25, 0.3) is 33.4 Å². The molecule has 0 atom stereocenters. The Morgan fingerprint density at radius 1 is 0.344 bits per heavy atom. The fourth-order valence-corrected chi connectivity index (χ4v) is 10.3. The Balaban J connectivity index is 1.23. The van der Waals surface area contributed by atoms with Gasteiger partial charge in [-0.3, -0.25) is 0 Å². The smallest absolute Gasteiger partial charge is 0.0714 e. The first-order chi connectivity index (χ1) is 29.3. The van der Waals surface area contributed by atoms with E-state index in [0.29, 0.717) is 0 Å². The molecule has 0 spiro atoms. The first kappa shape index (κ1) is 38.7. The molecule has 0 N–H and O–H groups in total. The van der Waals surface area contributed by atoms with E-state index >= 15 is 0 Å². The van der Waals surface area contributed by atoms with Crippen LogP contribution in [0, 0.1) is 0 Å². The van der Waals surface area contributed by atoms with Crippen LogP contribution >= 0.6 is 0 Å². The lowest BCUT2D eigenvalue weighted by atomic mass is 9.66. The predicted molar refractivity (Wildman–Crippen MR) is 259 cm³/mol. The molecule has 0 aliphatic heterocycles. The van der Waals surface area contributed by atoms with Gasteiger partial charge in [-0.2, -0.15) is 0 Å². The highest BCUT2D eigenvalue weighted by Gasteiger charge is 2.47. The number of rotatable bonds is 6. The van der Waals surface area contributed by atoms with Gasteiger partial charge >= 0.3 is 0 Å². The largest absolute Gasteiger partial charge is 0.310 e. The van der Waals surface area contributed by atoms with Gasteiger partial charge < -0.3 is 4.90 Å². The van der Waals surface area contributed by atoms with Crippen LogP contribution in [0.1, 0.15) is 99.9 Å². The summed E-state index contributed by atoms with van der Waals surface area (Å²) in [6.45, 7) is 18.7. The number of fused-ring (bicyclic) bond motifs is 6. The standard InChI is InChI=1S/C60H55N/c1-57(2,3)43-28-33-51-52-34-29-44(58(4,5)6)38-56(52)60(55(51)37-43,42-20-13-10-14-21-42)45-22-17-23-47(36-45)61(46-30-26-41(27-31-46)40-18-11-9-12-19-40)48-32-35-50-49-24-15-16-25-53(49)59(7,8)54(50)39-48/h9-39H,1-8H3. The molecule has 0 radical (unpaired) electrons. The van der Waals surface area contributed by atoms with Gasteiger partial charge in [-0.25, -0.2) is 0 Å². The third kappa shape index (κ3) is 6.20. The first-order valence-corrected chi connectivity index (χ1v) is 21.9. The topological polar surface area (TPSA) is 3.24 Å². The number of hydrogen-bond acceptors (Lipinski definition) is 1. The summed E-state index contributed by atoms with van der Waals surface area (Å²) in [5.41, 5.74) is 21.0. The van der Waals surface area contributed by atoms with Gasteiger partial charge in [0.05, 0.1) is 5.41 Å². The Labute approximate surface area is 363 Å². The van der Waals surface area contributed by atoms with E-state index in [9.17, 15) is 0 Å². The fraction of sp³-hybridized carbons (Fsp3) is 0.200. The monoisotopic (exact) mass is 789 g/mol. The van der Waals surface area contributed by atoms with E-state index in [1.54, 1.807) is 0 Å². The summed E-state index contributed by atoms with van der Waals surface area (Å²) in [5, 5.41) is 0. The van der Waals surface area contributed by atoms with Crippen molar-refractivity contribution in [3.8, 4) is 33.4 Å². The molecule has 2 aliphatic carbocycles. The van der Waals surface area contributed by atoms with E-state index in [1.807, 2.05) is 0 Å². The molecule has 8 aromatic carbocycles. The van der Waals surface area contributed by atoms with Crippen molar-refractivity contribution in [1.82, 2.24) is 0 Å². The van der Waals surface area contributed by atoms with Gasteiger partial charge in [0, 0.05) is 22.5 Å². The van der Waals surface area contributed by atoms with Gasteiger partial charge in [0.1, 0.15) is 0 Å². The summed E-state index contributed by atoms with van der Waals surface area (Å²) < 4.78 is 0. The molecule has 0 aromatic heterocycles. The van der Waals surface area contributed by atoms with Gasteiger partial charge in [-0.05, 0) is 125 Å². The van der Waals surface area contributed by atoms with Crippen molar-refractivity contribution in [3.63, 3.8) is 0 Å². The number of anilines is 3. The van der Waals surface area contributed by atoms with Gasteiger partial charge in [-0.1, -0.05) is 207 Å². The van der Waals surface area contributed by atoms with E-state index in [1.165, 1.54) is 77.9 Å². The third-order valence-corrected chi connectivity index (χ3v) is 13.7. The fourth-order valence-electron chi connectivity index (χ4n) is 10.3. The average molecular weight is 790 g/mol. The molecule has 0 unspecified atom stereocenters. The zero-order chi connectivity index (χ0) is 42.3. The summed E-state index contributed by atoms with van der Waals surface area (Å²) in [6.07, 6.45) is 0. The molecule has 0 heterocycles. The average Bonchev–Trinajstić information content (AvgIpc) is 3.69. The maximum atomic E-state index is 2.52. The second kappa shape index (κ2) is 14.1. The summed E-state index contributed by atoms with van der Waals surface area (Å²) in [7, 11) is 0. The number of hydrogen-bond donors (Lipinski definition) is 0. The maximum absolute atomic E-state index is 2.52. The van der Waals surface area contributed by atoms with Crippen molar-refractivity contribution in [1.29, 1.82) is 0 Å². The van der Waals surface area contributed by atoms with Crippen molar-refractivity contribution >= 4 is 17.1 Å². The normalized spacial score (nSPS) is 14.5. The molecule has 0 fully saturated rings. The van der Waals surface area contributed by atoms with Crippen molar-refractivity contribution in [2.45, 2.75) is 77.0 Å². The van der Waals surface area contributed by atoms with Gasteiger partial charge in [0.15, 0.2) is 0 Å². The minimum Gasteiger partial charge on any atom is -0.310 e. The van der Waals surface area contributed by atoms with E-state index in [-0.39, 0.29) is 16.2 Å². The van der Waals surface area contributed by atoms with Crippen LogP contribution < -0.4 is 4.90 Å². The third-order valence-electron chi connectivity index (χ3n) is 13.7. The van der Waals surface area contributed by atoms with Gasteiger partial charge in [0.25, 0.3) is 0 Å². The number of nitrogens with zero attached hydrogens (tertiary/aromatic N) is 1. The second-order valence-corrected chi connectivity index (χ2v) is 19.8. The Hall–Kier alpha value is -6.44. The van der Waals surface area contributed by atoms with E-state index in [0.717, 1.165) is 17.1 Å². The first-order valence-electron chi connectivity index (χ1n) is 21.9. The van der Waals surface area contributed by atoms with Gasteiger partial charge in [0.2, 0.25) is 0 Å². The molecule has 300 valence electrons. The molecule has 2 aliphatic rings. The molecule has 1 heteroatoms. The Kier molecular flexibility index (Phi) is 8.93. The zero-order valence-corrected chi connectivity index (χ0v) is 36.8. The molecule has 0 amide bonds. The number of benzene rings is 8. The zero-order valence-electron chi connectivity index (χ0n) is 36.8. The summed E-state index contributed by atoms with van der Waals surface area (Å²) in [6, 6.07) is 71.1. The Bertz CT molecular complexity index is 2870. The minimum atomic E-state index is -0.561. The van der Waals surface area contributed by atoms with Crippen molar-refractivity contribution in [2.24, 2.45) is 0 Å². The van der Waals surface area contributed by atoms with Crippen LogP contribution in [-0.4, -0.2) is 0 Å². The maximum Gasteiger partial charge on any atom is 0.0714 e. The summed E-state index contributed by atoms with van der Waals surface area (Å²) in [5.74, 6) is 0. The highest BCUT2D eigenvalue weighted by Crippen LogP contribution is 2.58. The highest BCUT2D eigenvalue weighted by molar-refractivity contribution is 5.89. The lowest BCUT2D eigenvalue weighted by Crippen LogP contribution is -2.30. The van der Waals surface area contributed by atoms with Crippen molar-refractivity contribution in [2.75, 3.05) is 4.90 Å². The Morgan fingerprint density at radius 2 is 0.820 bits per heavy atom. The molecule has 10 rings (SSSR count). The van der Waals surface area contributed by atoms with Crippen molar-refractivity contribution < 1.29 is 0 Å². The highest BCUT2D eigenvalue weighted by atomic mass is 15.1. The minimum absolute atomic E-state index is 0.0195. The lowest BCUT2D eigenvalue weighted by molar-refractivity contribution is 0.586. The molecule has 0 saturated heterocycles. The van der Waals surface area contributed by atoms with Crippen LogP contribution in [0.15, 0.2) is 188 Å². The van der Waals surface area contributed by atoms with Crippen LogP contribution in [0.2, 0.25) is 0 Å². The van der Waals surface area contributed by atoms with E-state index < -0.39 is 5.41 Å². The summed E-state index contributed by atoms with van der Waals surface area (Å²) >= 11 is 0. The second-order valence-electron chi connectivity index (χ2n) is 19.8. The molecule has 1 nitrogen and oxygen atoms in total. The molecule has 8 aromatic rings. The van der Waals surface area contributed by atoms with Gasteiger partial charge in [-0.15, -0.1) is 0 Å². The lowest BCUT2D eigenvalue weighted by Gasteiger charge is -2.36. The molecule has 61 heavy (non-hydrogen) atoms. The van der Waals surface area contributed by atoms with Crippen LogP contribution in [0.4, 0.5) is 17.1 Å². The SMILES string of the molecule is CC(C)(C)c1ccc2c(c1)C(c1ccccc1)(c1cccc(N(c3ccc(-c4ccccc4)cc3)c3ccc4c(c3)C(C)(C)c3ccccc3-4)c1)c1cc(C(C)(C)C)ccc1-2. The predicted octanol–water partition coefficient (Wildman–Crippen LogP) is 16.1. The van der Waals surface area contributed by atoms with E-state index in [4.69, 9.17) is 0 Å². The van der Waals surface area contributed by atoms with E-state index in [2.05, 4.69) is 248 Å². The van der Waals surface area contributed by atoms with Crippen LogP contribution in [-0.2, 0) is 21.7 Å². The van der Waals surface area contributed by atoms with Crippen LogP contribution in [0.3, 0.4) is 0 Å².